The van der Waals surface area contributed by atoms with Crippen LogP contribution in [0.4, 0.5) is 0 Å². The minimum Gasteiger partial charge on any atom is -0.495 e. The molecule has 1 aromatic heterocycles. The van der Waals surface area contributed by atoms with E-state index in [0.29, 0.717) is 10.6 Å². The van der Waals surface area contributed by atoms with E-state index < -0.39 is 0 Å². The molecule has 0 aliphatic carbocycles. The monoisotopic (exact) mass is 201 g/mol. The van der Waals surface area contributed by atoms with Gasteiger partial charge in [-0.05, 0) is 11.4 Å². The van der Waals surface area contributed by atoms with E-state index in [2.05, 4.69) is 0 Å². The Labute approximate surface area is 80.6 Å². The predicted molar refractivity (Wildman–Crippen MR) is 50.0 cm³/mol. The maximum Gasteiger partial charge on any atom is 0.291 e. The zero-order chi connectivity index (χ0) is 9.84. The first-order valence-electron chi connectivity index (χ1n) is 3.64. The maximum atomic E-state index is 11.5. The van der Waals surface area contributed by atoms with Crippen molar-refractivity contribution in [2.45, 2.75) is 0 Å². The Morgan fingerprint density at radius 1 is 1.54 bits per heavy atom. The van der Waals surface area contributed by atoms with Crippen molar-refractivity contribution in [1.82, 2.24) is 5.06 Å². The molecule has 0 aliphatic heterocycles. The second kappa shape index (κ2) is 4.25. The molecule has 13 heavy (non-hydrogen) atoms. The van der Waals surface area contributed by atoms with Gasteiger partial charge in [-0.2, -0.15) is 0 Å². The molecular weight excluding hydrogens is 190 g/mol. The summed E-state index contributed by atoms with van der Waals surface area (Å²) in [6.07, 6.45) is 0. The number of hydrogen-bond acceptors (Lipinski definition) is 4. The van der Waals surface area contributed by atoms with Gasteiger partial charge in [0.2, 0.25) is 0 Å². The summed E-state index contributed by atoms with van der Waals surface area (Å²) in [5.41, 5.74) is 0. The van der Waals surface area contributed by atoms with Gasteiger partial charge in [-0.3, -0.25) is 9.63 Å². The third-order valence-electron chi connectivity index (χ3n) is 1.60. The summed E-state index contributed by atoms with van der Waals surface area (Å²) in [6.45, 7) is 0. The van der Waals surface area contributed by atoms with E-state index in [-0.39, 0.29) is 5.91 Å². The van der Waals surface area contributed by atoms with Crippen molar-refractivity contribution in [3.63, 3.8) is 0 Å². The Kier molecular flexibility index (Phi) is 3.27. The Balaban J connectivity index is 2.88. The van der Waals surface area contributed by atoms with Gasteiger partial charge in [0.15, 0.2) is 0 Å². The third kappa shape index (κ3) is 1.99. The number of methoxy groups -OCH3 is 1. The van der Waals surface area contributed by atoms with Gasteiger partial charge in [-0.15, -0.1) is 11.3 Å². The third-order valence-corrected chi connectivity index (χ3v) is 2.49. The number of thiophene rings is 1. The molecule has 0 radical (unpaired) electrons. The average molecular weight is 201 g/mol. The minimum atomic E-state index is -0.200. The number of carbonyl (C=O) groups excluding carboxylic acids is 1. The van der Waals surface area contributed by atoms with Gasteiger partial charge >= 0.3 is 0 Å². The summed E-state index contributed by atoms with van der Waals surface area (Å²) in [5, 5.41) is 2.96. The molecule has 1 amide bonds. The second-order valence-electron chi connectivity index (χ2n) is 2.30. The molecule has 4 nitrogen and oxygen atoms in total. The molecule has 1 aromatic rings. The highest BCUT2D eigenvalue weighted by atomic mass is 32.1. The van der Waals surface area contributed by atoms with Crippen molar-refractivity contribution in [1.29, 1.82) is 0 Å². The number of nitrogens with zero attached hydrogens (tertiary/aromatic N) is 1. The largest absolute Gasteiger partial charge is 0.495 e. The number of amides is 1. The molecule has 0 spiro atoms. The molecular formula is C8H11NO3S. The van der Waals surface area contributed by atoms with E-state index in [1.165, 1.54) is 25.6 Å². The molecule has 0 atom stereocenters. The molecule has 0 saturated heterocycles. The minimum absolute atomic E-state index is 0.200. The number of rotatable bonds is 3. The van der Waals surface area contributed by atoms with Crippen LogP contribution in [0.1, 0.15) is 9.67 Å². The Morgan fingerprint density at radius 2 is 2.23 bits per heavy atom. The number of carbonyl (C=O) groups is 1. The van der Waals surface area contributed by atoms with Crippen LogP contribution in [-0.4, -0.2) is 32.2 Å². The molecule has 1 heterocycles. The van der Waals surface area contributed by atoms with Crippen molar-refractivity contribution in [2.24, 2.45) is 0 Å². The van der Waals surface area contributed by atoms with Crippen LogP contribution in [-0.2, 0) is 4.84 Å². The zero-order valence-corrected chi connectivity index (χ0v) is 8.55. The van der Waals surface area contributed by atoms with Crippen molar-refractivity contribution >= 4 is 17.2 Å². The van der Waals surface area contributed by atoms with E-state index in [4.69, 9.17) is 9.57 Å². The summed E-state index contributed by atoms with van der Waals surface area (Å²) in [6, 6.07) is 1.75. The quantitative estimate of drug-likeness (QED) is 0.694. The molecule has 0 aromatic carbocycles. The predicted octanol–water partition coefficient (Wildman–Crippen LogP) is 1.39. The topological polar surface area (TPSA) is 38.8 Å². The lowest BCUT2D eigenvalue weighted by Crippen LogP contribution is -2.24. The zero-order valence-electron chi connectivity index (χ0n) is 7.73. The van der Waals surface area contributed by atoms with E-state index in [9.17, 15) is 4.79 Å². The Hall–Kier alpha value is -1.07. The van der Waals surface area contributed by atoms with Gasteiger partial charge in [0, 0.05) is 7.05 Å². The SMILES string of the molecule is COc1ccsc1C(=O)N(C)OC. The molecule has 72 valence electrons. The molecule has 0 fully saturated rings. The van der Waals surface area contributed by atoms with Gasteiger partial charge in [0.1, 0.15) is 10.6 Å². The van der Waals surface area contributed by atoms with Crippen LogP contribution in [0.25, 0.3) is 0 Å². The summed E-state index contributed by atoms with van der Waals surface area (Å²) in [7, 11) is 4.53. The summed E-state index contributed by atoms with van der Waals surface area (Å²) in [4.78, 5) is 16.9. The highest BCUT2D eigenvalue weighted by Crippen LogP contribution is 2.25. The van der Waals surface area contributed by atoms with Gasteiger partial charge in [0.05, 0.1) is 14.2 Å². The van der Waals surface area contributed by atoms with Crippen molar-refractivity contribution in [2.75, 3.05) is 21.3 Å². The van der Waals surface area contributed by atoms with Crippen LogP contribution in [0.2, 0.25) is 0 Å². The first-order valence-corrected chi connectivity index (χ1v) is 4.52. The number of hydrogen-bond donors (Lipinski definition) is 0. The van der Waals surface area contributed by atoms with E-state index in [1.807, 2.05) is 0 Å². The Morgan fingerprint density at radius 3 is 2.77 bits per heavy atom. The van der Waals surface area contributed by atoms with E-state index in [1.54, 1.807) is 18.5 Å². The summed E-state index contributed by atoms with van der Waals surface area (Å²) in [5.74, 6) is 0.383. The molecule has 0 N–H and O–H groups in total. The fourth-order valence-electron chi connectivity index (χ4n) is 0.840. The highest BCUT2D eigenvalue weighted by molar-refractivity contribution is 7.12. The van der Waals surface area contributed by atoms with Crippen LogP contribution in [0.3, 0.4) is 0 Å². The average Bonchev–Trinajstić information content (AvgIpc) is 2.62. The Bertz CT molecular complexity index is 297. The smallest absolute Gasteiger partial charge is 0.291 e. The molecule has 0 unspecified atom stereocenters. The van der Waals surface area contributed by atoms with Crippen LogP contribution >= 0.6 is 11.3 Å². The first-order chi connectivity index (χ1) is 6.20. The molecule has 5 heteroatoms. The molecule has 0 aliphatic rings. The van der Waals surface area contributed by atoms with Crippen LogP contribution in [0.15, 0.2) is 11.4 Å². The fourth-order valence-corrected chi connectivity index (χ4v) is 1.66. The molecule has 0 bridgehead atoms. The van der Waals surface area contributed by atoms with Crippen molar-refractivity contribution in [3.05, 3.63) is 16.3 Å². The van der Waals surface area contributed by atoms with Gasteiger partial charge in [0.25, 0.3) is 5.91 Å². The highest BCUT2D eigenvalue weighted by Gasteiger charge is 2.17. The lowest BCUT2D eigenvalue weighted by atomic mass is 10.4. The van der Waals surface area contributed by atoms with Crippen LogP contribution in [0.5, 0.6) is 5.75 Å². The standard InChI is InChI=1S/C8H11NO3S/c1-9(12-3)8(10)7-6(11-2)4-5-13-7/h4-5H,1-3H3. The fraction of sp³-hybridized carbons (Fsp3) is 0.375. The van der Waals surface area contributed by atoms with E-state index >= 15 is 0 Å². The van der Waals surface area contributed by atoms with Crippen LogP contribution in [0, 0.1) is 0 Å². The lowest BCUT2D eigenvalue weighted by molar-refractivity contribution is -0.0755. The van der Waals surface area contributed by atoms with Gasteiger partial charge < -0.3 is 4.74 Å². The number of ether oxygens (including phenoxy) is 1. The van der Waals surface area contributed by atoms with Gasteiger partial charge in [-0.25, -0.2) is 5.06 Å². The number of hydroxylamine groups is 2. The maximum absolute atomic E-state index is 11.5. The molecule has 1 rings (SSSR count). The summed E-state index contributed by atoms with van der Waals surface area (Å²) >= 11 is 1.33. The van der Waals surface area contributed by atoms with Crippen LogP contribution < -0.4 is 4.74 Å². The van der Waals surface area contributed by atoms with E-state index in [0.717, 1.165) is 5.06 Å². The lowest BCUT2D eigenvalue weighted by Gasteiger charge is -2.12. The first kappa shape index (κ1) is 10.0. The van der Waals surface area contributed by atoms with Crippen molar-refractivity contribution in [3.8, 4) is 5.75 Å². The van der Waals surface area contributed by atoms with Crippen molar-refractivity contribution < 1.29 is 14.4 Å². The summed E-state index contributed by atoms with van der Waals surface area (Å²) < 4.78 is 5.01. The normalized spacial score (nSPS) is 9.77. The van der Waals surface area contributed by atoms with Gasteiger partial charge in [-0.1, -0.05) is 0 Å². The second-order valence-corrected chi connectivity index (χ2v) is 3.22. The molecule has 0 saturated carbocycles.